The van der Waals surface area contributed by atoms with Gasteiger partial charge in [0.1, 0.15) is 0 Å². The number of unbranched alkanes of at least 4 members (excludes halogenated alkanes) is 1. The monoisotopic (exact) mass is 357 g/mol. The van der Waals surface area contributed by atoms with Crippen molar-refractivity contribution in [1.82, 2.24) is 0 Å². The van der Waals surface area contributed by atoms with Gasteiger partial charge in [0, 0.05) is 12.3 Å². The number of benzene rings is 2. The van der Waals surface area contributed by atoms with E-state index in [4.69, 9.17) is 4.99 Å². The van der Waals surface area contributed by atoms with E-state index in [0.717, 1.165) is 51.5 Å². The van der Waals surface area contributed by atoms with Crippen LogP contribution in [0.2, 0.25) is 0 Å². The molecule has 2 rings (SSSR count). The van der Waals surface area contributed by atoms with Gasteiger partial charge in [-0.1, -0.05) is 79.4 Å². The Bertz CT molecular complexity index is 734. The van der Waals surface area contributed by atoms with Gasteiger partial charge in [0.15, 0.2) is 0 Å². The minimum atomic E-state index is 0.883. The van der Waals surface area contributed by atoms with E-state index >= 15 is 0 Å². The highest BCUT2D eigenvalue weighted by Gasteiger charge is 2.01. The number of aryl methyl sites for hydroxylation is 1. The molecule has 2 aromatic rings. The summed E-state index contributed by atoms with van der Waals surface area (Å²) < 4.78 is 0. The molecule has 0 N–H and O–H groups in total. The molecule has 0 saturated heterocycles. The van der Waals surface area contributed by atoms with E-state index in [1.807, 2.05) is 6.08 Å². The second-order valence-corrected chi connectivity index (χ2v) is 6.68. The van der Waals surface area contributed by atoms with E-state index in [1.54, 1.807) is 0 Å². The Morgan fingerprint density at radius 2 is 1.52 bits per heavy atom. The predicted molar refractivity (Wildman–Crippen MR) is 119 cm³/mol. The van der Waals surface area contributed by atoms with Crippen LogP contribution in [0.25, 0.3) is 0 Å². The molecule has 1 heteroatoms. The molecule has 2 aromatic carbocycles. The number of aliphatic imine (C=N–C) groups is 1. The van der Waals surface area contributed by atoms with Gasteiger partial charge in [-0.2, -0.15) is 0 Å². The number of rotatable bonds is 12. The highest BCUT2D eigenvalue weighted by molar-refractivity contribution is 5.84. The third-order valence-corrected chi connectivity index (χ3v) is 4.52. The van der Waals surface area contributed by atoms with E-state index < -0.39 is 0 Å². The zero-order valence-corrected chi connectivity index (χ0v) is 16.3. The zero-order chi connectivity index (χ0) is 19.0. The second-order valence-electron chi connectivity index (χ2n) is 6.68. The first kappa shape index (κ1) is 20.7. The van der Waals surface area contributed by atoms with Crippen LogP contribution < -0.4 is 0 Å². The van der Waals surface area contributed by atoms with Gasteiger partial charge in [-0.15, -0.1) is 5.73 Å². The van der Waals surface area contributed by atoms with Gasteiger partial charge in [0.2, 0.25) is 0 Å². The molecule has 0 fully saturated rings. The quantitative estimate of drug-likeness (QED) is 0.172. The van der Waals surface area contributed by atoms with Gasteiger partial charge in [-0.3, -0.25) is 4.99 Å². The standard InChI is InChI=1S/C26H31N/c1-2-3-4-5-6-7-14-19-26(21-20-24-15-10-8-11-16-24)27-23-22-25-17-12-9-13-18-25/h3,5-6,8-13,15-18H,1,4,7,14,19-23H2. The minimum absolute atomic E-state index is 0.883. The third-order valence-electron chi connectivity index (χ3n) is 4.52. The average Bonchev–Trinajstić information content (AvgIpc) is 2.72. The van der Waals surface area contributed by atoms with Gasteiger partial charge in [0.05, 0.1) is 0 Å². The van der Waals surface area contributed by atoms with E-state index in [2.05, 4.69) is 85.1 Å². The summed E-state index contributed by atoms with van der Waals surface area (Å²) in [7, 11) is 0. The average molecular weight is 358 g/mol. The Labute approximate surface area is 164 Å². The maximum absolute atomic E-state index is 4.95. The van der Waals surface area contributed by atoms with Crippen molar-refractivity contribution in [3.05, 3.63) is 102 Å². The van der Waals surface area contributed by atoms with Crippen molar-refractivity contribution in [2.24, 2.45) is 4.99 Å². The third kappa shape index (κ3) is 9.58. The molecule has 0 saturated carbocycles. The molecule has 0 radical (unpaired) electrons. The van der Waals surface area contributed by atoms with Crippen molar-refractivity contribution < 1.29 is 0 Å². The largest absolute Gasteiger partial charge is 0.294 e. The Kier molecular flexibility index (Phi) is 10.4. The molecule has 0 spiro atoms. The summed E-state index contributed by atoms with van der Waals surface area (Å²) in [5.74, 6) is 0. The lowest BCUT2D eigenvalue weighted by molar-refractivity contribution is 0.847. The highest BCUT2D eigenvalue weighted by atomic mass is 14.7. The number of nitrogens with zero attached hydrogens (tertiary/aromatic N) is 1. The van der Waals surface area contributed by atoms with Gasteiger partial charge < -0.3 is 0 Å². The molecule has 0 aliphatic rings. The van der Waals surface area contributed by atoms with Crippen LogP contribution in [-0.2, 0) is 12.8 Å². The van der Waals surface area contributed by atoms with Crippen LogP contribution in [0.5, 0.6) is 0 Å². The summed E-state index contributed by atoms with van der Waals surface area (Å²) in [5.41, 5.74) is 6.91. The highest BCUT2D eigenvalue weighted by Crippen LogP contribution is 2.09. The maximum atomic E-state index is 4.95. The molecule has 0 aliphatic heterocycles. The normalized spacial score (nSPS) is 11.5. The van der Waals surface area contributed by atoms with Crippen molar-refractivity contribution in [2.45, 2.75) is 44.9 Å². The lowest BCUT2D eigenvalue weighted by Crippen LogP contribution is -2.03. The zero-order valence-electron chi connectivity index (χ0n) is 16.3. The molecule has 0 aromatic heterocycles. The molecule has 0 unspecified atom stereocenters. The first-order valence-corrected chi connectivity index (χ1v) is 9.98. The van der Waals surface area contributed by atoms with Crippen molar-refractivity contribution >= 4 is 5.71 Å². The minimum Gasteiger partial charge on any atom is -0.294 e. The van der Waals surface area contributed by atoms with E-state index in [-0.39, 0.29) is 0 Å². The van der Waals surface area contributed by atoms with Crippen LogP contribution in [0.4, 0.5) is 0 Å². The summed E-state index contributed by atoms with van der Waals surface area (Å²) in [6, 6.07) is 21.3. The fourth-order valence-electron chi connectivity index (χ4n) is 2.99. The fraction of sp³-hybridized carbons (Fsp3) is 0.308. The number of allylic oxidation sites excluding steroid dienone is 3. The molecular formula is C26H31N. The topological polar surface area (TPSA) is 12.4 Å². The SMILES string of the molecule is C=C=CCC=CCCCC(CCc1ccccc1)=NCCc1ccccc1. The first-order valence-electron chi connectivity index (χ1n) is 9.98. The summed E-state index contributed by atoms with van der Waals surface area (Å²) in [6.45, 7) is 4.47. The summed E-state index contributed by atoms with van der Waals surface area (Å²) in [5, 5.41) is 0. The van der Waals surface area contributed by atoms with Crippen molar-refractivity contribution in [2.75, 3.05) is 6.54 Å². The Hall–Kier alpha value is -2.63. The van der Waals surface area contributed by atoms with Crippen LogP contribution >= 0.6 is 0 Å². The Balaban J connectivity index is 1.83. The van der Waals surface area contributed by atoms with Crippen molar-refractivity contribution in [3.63, 3.8) is 0 Å². The van der Waals surface area contributed by atoms with E-state index in [9.17, 15) is 0 Å². The Morgan fingerprint density at radius 1 is 0.852 bits per heavy atom. The molecule has 0 heterocycles. The van der Waals surface area contributed by atoms with E-state index in [0.29, 0.717) is 0 Å². The Morgan fingerprint density at radius 3 is 2.19 bits per heavy atom. The number of hydrogen-bond donors (Lipinski definition) is 0. The molecular weight excluding hydrogens is 326 g/mol. The van der Waals surface area contributed by atoms with Gasteiger partial charge in [-0.05, 0) is 62.1 Å². The molecule has 1 nitrogen and oxygen atoms in total. The summed E-state index contributed by atoms with van der Waals surface area (Å²) >= 11 is 0. The summed E-state index contributed by atoms with van der Waals surface area (Å²) in [6.07, 6.45) is 13.8. The van der Waals surface area contributed by atoms with E-state index in [1.165, 1.54) is 16.8 Å². The summed E-state index contributed by atoms with van der Waals surface area (Å²) in [4.78, 5) is 4.95. The second kappa shape index (κ2) is 13.6. The molecule has 0 amide bonds. The van der Waals surface area contributed by atoms with Gasteiger partial charge >= 0.3 is 0 Å². The smallest absolute Gasteiger partial charge is 0.0429 e. The fourth-order valence-corrected chi connectivity index (χ4v) is 2.99. The van der Waals surface area contributed by atoms with Crippen LogP contribution in [0.3, 0.4) is 0 Å². The van der Waals surface area contributed by atoms with Crippen LogP contribution in [0.1, 0.15) is 43.2 Å². The molecule has 140 valence electrons. The molecule has 0 atom stereocenters. The molecule has 0 bridgehead atoms. The number of hydrogen-bond acceptors (Lipinski definition) is 1. The van der Waals surface area contributed by atoms with Crippen LogP contribution in [0.15, 0.2) is 96.2 Å². The predicted octanol–water partition coefficient (Wildman–Crippen LogP) is 6.76. The van der Waals surface area contributed by atoms with Crippen LogP contribution in [0, 0.1) is 0 Å². The lowest BCUT2D eigenvalue weighted by atomic mass is 10.0. The molecule has 0 aliphatic carbocycles. The van der Waals surface area contributed by atoms with Crippen molar-refractivity contribution in [3.8, 4) is 0 Å². The molecule has 27 heavy (non-hydrogen) atoms. The van der Waals surface area contributed by atoms with Gasteiger partial charge in [-0.25, -0.2) is 0 Å². The maximum Gasteiger partial charge on any atom is 0.0429 e. The van der Waals surface area contributed by atoms with Gasteiger partial charge in [0.25, 0.3) is 0 Å². The lowest BCUT2D eigenvalue weighted by Gasteiger charge is -2.07. The van der Waals surface area contributed by atoms with Crippen molar-refractivity contribution in [1.29, 1.82) is 0 Å². The first-order chi connectivity index (χ1) is 13.4. The van der Waals surface area contributed by atoms with Crippen LogP contribution in [-0.4, -0.2) is 12.3 Å².